The fraction of sp³-hybridized carbons (Fsp3) is 0.0833. The molecule has 2 N–H and O–H groups in total. The Hall–Kier alpha value is -1.14. The van der Waals surface area contributed by atoms with Gasteiger partial charge in [-0.05, 0) is 47.1 Å². The minimum Gasteiger partial charge on any atom is -0.399 e. The smallest absolute Gasteiger partial charge is 0.142 e. The summed E-state index contributed by atoms with van der Waals surface area (Å²) in [6.45, 7) is 1.81. The summed E-state index contributed by atoms with van der Waals surface area (Å²) in [5.74, 6) is -1.36. The topological polar surface area (TPSA) is 38.9 Å². The van der Waals surface area contributed by atoms with E-state index in [4.69, 9.17) is 5.73 Å². The summed E-state index contributed by atoms with van der Waals surface area (Å²) in [5, 5.41) is 0.526. The first-order chi connectivity index (χ1) is 8.47. The number of benzene rings is 1. The van der Waals surface area contributed by atoms with Gasteiger partial charge in [0.25, 0.3) is 0 Å². The molecule has 94 valence electrons. The lowest BCUT2D eigenvalue weighted by Gasteiger charge is -2.06. The number of rotatable bonds is 2. The van der Waals surface area contributed by atoms with E-state index in [9.17, 15) is 8.78 Å². The second kappa shape index (κ2) is 5.24. The maximum atomic E-state index is 13.6. The molecule has 0 atom stereocenters. The van der Waals surface area contributed by atoms with Crippen molar-refractivity contribution < 1.29 is 8.78 Å². The summed E-state index contributed by atoms with van der Waals surface area (Å²) in [6, 6.07) is 5.67. The van der Waals surface area contributed by atoms with Crippen LogP contribution < -0.4 is 5.73 Å². The molecule has 0 saturated carbocycles. The molecular weight excluding hydrogens is 322 g/mol. The van der Waals surface area contributed by atoms with E-state index < -0.39 is 11.6 Å². The van der Waals surface area contributed by atoms with Crippen LogP contribution in [0.3, 0.4) is 0 Å². The number of halogens is 3. The number of nitrogens with zero attached hydrogens (tertiary/aromatic N) is 1. The number of hydrogen-bond donors (Lipinski definition) is 1. The highest BCUT2D eigenvalue weighted by molar-refractivity contribution is 9.10. The third-order valence-corrected chi connectivity index (χ3v) is 4.09. The molecule has 18 heavy (non-hydrogen) atoms. The summed E-state index contributed by atoms with van der Waals surface area (Å²) in [4.78, 5) is 4.13. The highest BCUT2D eigenvalue weighted by Crippen LogP contribution is 2.33. The Morgan fingerprint density at radius 3 is 2.39 bits per heavy atom. The van der Waals surface area contributed by atoms with Crippen LogP contribution >= 0.6 is 27.7 Å². The maximum Gasteiger partial charge on any atom is 0.142 e. The highest BCUT2D eigenvalue weighted by atomic mass is 79.9. The van der Waals surface area contributed by atoms with Crippen LogP contribution in [0.15, 0.2) is 38.7 Å². The lowest BCUT2D eigenvalue weighted by Crippen LogP contribution is -1.94. The van der Waals surface area contributed by atoms with Gasteiger partial charge in [-0.15, -0.1) is 0 Å². The number of aromatic nitrogens is 1. The van der Waals surface area contributed by atoms with E-state index in [1.165, 1.54) is 0 Å². The van der Waals surface area contributed by atoms with Crippen LogP contribution in [0, 0.1) is 18.6 Å². The van der Waals surface area contributed by atoms with Crippen LogP contribution in [-0.4, -0.2) is 4.98 Å². The Balaban J connectivity index is 2.37. The average Bonchev–Trinajstić information content (AvgIpc) is 2.28. The van der Waals surface area contributed by atoms with Crippen LogP contribution in [-0.2, 0) is 0 Å². The number of nitrogens with two attached hydrogens (primary N) is 1. The van der Waals surface area contributed by atoms with Crippen molar-refractivity contribution in [2.45, 2.75) is 16.8 Å². The third kappa shape index (κ3) is 2.81. The van der Waals surface area contributed by atoms with Gasteiger partial charge in [0.1, 0.15) is 16.7 Å². The molecule has 0 fully saturated rings. The van der Waals surface area contributed by atoms with Gasteiger partial charge in [-0.3, -0.25) is 0 Å². The van der Waals surface area contributed by atoms with E-state index in [1.807, 2.05) is 6.92 Å². The molecule has 0 aliphatic heterocycles. The summed E-state index contributed by atoms with van der Waals surface area (Å²) in [7, 11) is 0. The SMILES string of the molecule is Cc1nc(Sc2c(F)cc(N)cc2F)ccc1Br. The van der Waals surface area contributed by atoms with Gasteiger partial charge in [0, 0.05) is 10.2 Å². The van der Waals surface area contributed by atoms with Crippen molar-refractivity contribution >= 4 is 33.4 Å². The van der Waals surface area contributed by atoms with Crippen molar-refractivity contribution in [1.82, 2.24) is 4.98 Å². The molecular formula is C12H9BrF2N2S. The summed E-state index contributed by atoms with van der Waals surface area (Å²) < 4.78 is 28.0. The van der Waals surface area contributed by atoms with Crippen LogP contribution in [0.25, 0.3) is 0 Å². The molecule has 0 spiro atoms. The molecule has 2 rings (SSSR count). The van der Waals surface area contributed by atoms with Gasteiger partial charge in [0.05, 0.1) is 10.6 Å². The molecule has 0 aliphatic carbocycles. The zero-order valence-corrected chi connectivity index (χ0v) is 11.8. The Labute approximate surface area is 116 Å². The van der Waals surface area contributed by atoms with Crippen molar-refractivity contribution in [2.24, 2.45) is 0 Å². The predicted molar refractivity (Wildman–Crippen MR) is 71.6 cm³/mol. The molecule has 0 bridgehead atoms. The number of pyridine rings is 1. The summed E-state index contributed by atoms with van der Waals surface area (Å²) in [5.41, 5.74) is 6.18. The first kappa shape index (κ1) is 13.3. The zero-order valence-electron chi connectivity index (χ0n) is 9.38. The van der Waals surface area contributed by atoms with Crippen molar-refractivity contribution in [3.8, 4) is 0 Å². The van der Waals surface area contributed by atoms with Gasteiger partial charge < -0.3 is 5.73 Å². The number of anilines is 1. The monoisotopic (exact) mass is 330 g/mol. The first-order valence-corrected chi connectivity index (χ1v) is 6.64. The fourth-order valence-electron chi connectivity index (χ4n) is 1.36. The number of aryl methyl sites for hydroxylation is 1. The molecule has 2 aromatic rings. The lowest BCUT2D eigenvalue weighted by atomic mass is 10.3. The van der Waals surface area contributed by atoms with Crippen LogP contribution in [0.4, 0.5) is 14.5 Å². The second-order valence-electron chi connectivity index (χ2n) is 3.63. The van der Waals surface area contributed by atoms with Gasteiger partial charge in [-0.2, -0.15) is 0 Å². The molecule has 1 aromatic heterocycles. The Morgan fingerprint density at radius 1 is 1.22 bits per heavy atom. The van der Waals surface area contributed by atoms with Gasteiger partial charge in [0.15, 0.2) is 0 Å². The Kier molecular flexibility index (Phi) is 3.87. The van der Waals surface area contributed by atoms with Crippen molar-refractivity contribution in [3.63, 3.8) is 0 Å². The van der Waals surface area contributed by atoms with Gasteiger partial charge in [0.2, 0.25) is 0 Å². The molecule has 0 radical (unpaired) electrons. The third-order valence-electron chi connectivity index (χ3n) is 2.22. The van der Waals surface area contributed by atoms with Gasteiger partial charge >= 0.3 is 0 Å². The van der Waals surface area contributed by atoms with E-state index in [2.05, 4.69) is 20.9 Å². The van der Waals surface area contributed by atoms with E-state index in [0.29, 0.717) is 5.03 Å². The standard InChI is InChI=1S/C12H9BrF2N2S/c1-6-8(13)2-3-11(17-6)18-12-9(14)4-7(16)5-10(12)15/h2-5H,16H2,1H3. The molecule has 0 amide bonds. The normalized spacial score (nSPS) is 10.7. The van der Waals surface area contributed by atoms with Gasteiger partial charge in [-0.25, -0.2) is 13.8 Å². The minimum atomic E-state index is -0.681. The molecule has 2 nitrogen and oxygen atoms in total. The Bertz CT molecular complexity index is 582. The van der Waals surface area contributed by atoms with Crippen LogP contribution in [0.1, 0.15) is 5.69 Å². The molecule has 0 saturated heterocycles. The van der Waals surface area contributed by atoms with E-state index in [1.54, 1.807) is 12.1 Å². The zero-order chi connectivity index (χ0) is 13.3. The first-order valence-electron chi connectivity index (χ1n) is 5.03. The van der Waals surface area contributed by atoms with E-state index in [0.717, 1.165) is 34.1 Å². The molecule has 0 aliphatic rings. The summed E-state index contributed by atoms with van der Waals surface area (Å²) in [6.07, 6.45) is 0. The Morgan fingerprint density at radius 2 is 1.83 bits per heavy atom. The van der Waals surface area contributed by atoms with Crippen molar-refractivity contribution in [3.05, 3.63) is 46.1 Å². The van der Waals surface area contributed by atoms with Crippen LogP contribution in [0.5, 0.6) is 0 Å². The minimum absolute atomic E-state index is 0.0642. The maximum absolute atomic E-state index is 13.6. The lowest BCUT2D eigenvalue weighted by molar-refractivity contribution is 0.541. The molecule has 6 heteroatoms. The quantitative estimate of drug-likeness (QED) is 0.840. The van der Waals surface area contributed by atoms with Crippen LogP contribution in [0.2, 0.25) is 0 Å². The molecule has 0 unspecified atom stereocenters. The predicted octanol–water partition coefficient (Wildman–Crippen LogP) is 4.16. The number of hydrogen-bond acceptors (Lipinski definition) is 3. The largest absolute Gasteiger partial charge is 0.399 e. The molecule has 1 heterocycles. The van der Waals surface area contributed by atoms with Crippen molar-refractivity contribution in [2.75, 3.05) is 5.73 Å². The number of nitrogen functional groups attached to an aromatic ring is 1. The fourth-order valence-corrected chi connectivity index (χ4v) is 2.42. The molecule has 1 aromatic carbocycles. The average molecular weight is 331 g/mol. The summed E-state index contributed by atoms with van der Waals surface area (Å²) >= 11 is 4.25. The van der Waals surface area contributed by atoms with E-state index in [-0.39, 0.29) is 10.6 Å². The second-order valence-corrected chi connectivity index (χ2v) is 5.52. The van der Waals surface area contributed by atoms with Gasteiger partial charge in [-0.1, -0.05) is 11.8 Å². The van der Waals surface area contributed by atoms with E-state index >= 15 is 0 Å². The highest BCUT2D eigenvalue weighted by Gasteiger charge is 2.13. The van der Waals surface area contributed by atoms with Crippen molar-refractivity contribution in [1.29, 1.82) is 0 Å².